The highest BCUT2D eigenvalue weighted by molar-refractivity contribution is 7.91. The number of likely N-dealkylation sites (tertiary alicyclic amines) is 1. The second-order valence-electron chi connectivity index (χ2n) is 10.1. The SMILES string of the molecule is COc1ccc(C(=O)Nc2ccc(F)c([C@@]3(C)NC(=N)N(C)S(=O)(=O)[C@@]34CCN(Cc3ccccn3)C4)c2)nc1. The number of hydrogen-bond donors (Lipinski definition) is 3. The lowest BCUT2D eigenvalue weighted by atomic mass is 9.77. The molecule has 2 atom stereocenters. The zero-order chi connectivity index (χ0) is 28.7. The number of nitrogens with one attached hydrogen (secondary N) is 3. The lowest BCUT2D eigenvalue weighted by Crippen LogP contribution is -2.74. The van der Waals surface area contributed by atoms with E-state index in [4.69, 9.17) is 10.1 Å². The monoisotopic (exact) mass is 567 g/mol. The number of methoxy groups -OCH3 is 1. The van der Waals surface area contributed by atoms with E-state index in [2.05, 4.69) is 20.6 Å². The van der Waals surface area contributed by atoms with Crippen molar-refractivity contribution in [3.8, 4) is 5.75 Å². The van der Waals surface area contributed by atoms with Crippen molar-refractivity contribution in [1.29, 1.82) is 5.41 Å². The quantitative estimate of drug-likeness (QED) is 0.413. The summed E-state index contributed by atoms with van der Waals surface area (Å²) in [5.41, 5.74) is -0.363. The van der Waals surface area contributed by atoms with E-state index in [-0.39, 0.29) is 35.9 Å². The van der Waals surface area contributed by atoms with Gasteiger partial charge >= 0.3 is 0 Å². The Hall–Kier alpha value is -4.10. The Balaban J connectivity index is 1.52. The molecule has 210 valence electrons. The van der Waals surface area contributed by atoms with Crippen LogP contribution in [-0.2, 0) is 22.1 Å². The number of guanidine groups is 1. The highest BCUT2D eigenvalue weighted by Crippen LogP contribution is 2.49. The van der Waals surface area contributed by atoms with Gasteiger partial charge in [-0.25, -0.2) is 22.1 Å². The van der Waals surface area contributed by atoms with Crippen LogP contribution < -0.4 is 15.4 Å². The third kappa shape index (κ3) is 4.44. The highest BCUT2D eigenvalue weighted by Gasteiger charge is 2.66. The number of aromatic nitrogens is 2. The molecule has 2 fully saturated rings. The first-order chi connectivity index (χ1) is 19.0. The van der Waals surface area contributed by atoms with Crippen molar-refractivity contribution in [3.05, 3.63) is 83.7 Å². The number of hydrogen-bond acceptors (Lipinski definition) is 8. The molecule has 13 heteroatoms. The van der Waals surface area contributed by atoms with E-state index in [1.54, 1.807) is 25.3 Å². The summed E-state index contributed by atoms with van der Waals surface area (Å²) in [6.07, 6.45) is 3.27. The molecule has 3 aromatic rings. The average Bonchev–Trinajstić information content (AvgIpc) is 3.39. The van der Waals surface area contributed by atoms with Gasteiger partial charge in [-0.05, 0) is 55.8 Å². The van der Waals surface area contributed by atoms with E-state index in [0.29, 0.717) is 18.8 Å². The van der Waals surface area contributed by atoms with Crippen LogP contribution in [0.4, 0.5) is 10.1 Å². The lowest BCUT2D eigenvalue weighted by Gasteiger charge is -2.52. The average molecular weight is 568 g/mol. The fraction of sp³-hybridized carbons (Fsp3) is 0.333. The van der Waals surface area contributed by atoms with Crippen molar-refractivity contribution < 1.29 is 22.3 Å². The van der Waals surface area contributed by atoms with Gasteiger partial charge in [0, 0.05) is 44.1 Å². The van der Waals surface area contributed by atoms with Gasteiger partial charge in [0.1, 0.15) is 22.0 Å². The van der Waals surface area contributed by atoms with Crippen LogP contribution in [0.3, 0.4) is 0 Å². The molecule has 40 heavy (non-hydrogen) atoms. The molecular formula is C27H30FN7O4S. The normalized spacial score (nSPS) is 24.1. The third-order valence-corrected chi connectivity index (χ3v) is 10.5. The molecular weight excluding hydrogens is 537 g/mol. The minimum absolute atomic E-state index is 0.0223. The van der Waals surface area contributed by atoms with Gasteiger partial charge in [-0.15, -0.1) is 0 Å². The smallest absolute Gasteiger partial charge is 0.274 e. The maximum atomic E-state index is 15.6. The highest BCUT2D eigenvalue weighted by atomic mass is 32.2. The number of benzene rings is 1. The Morgan fingerprint density at radius 3 is 2.70 bits per heavy atom. The summed E-state index contributed by atoms with van der Waals surface area (Å²) in [5, 5.41) is 14.1. The van der Waals surface area contributed by atoms with Crippen molar-refractivity contribution in [1.82, 2.24) is 24.5 Å². The predicted octanol–water partition coefficient (Wildman–Crippen LogP) is 2.54. The lowest BCUT2D eigenvalue weighted by molar-refractivity contribution is 0.102. The molecule has 2 aromatic heterocycles. The van der Waals surface area contributed by atoms with Gasteiger partial charge in [-0.1, -0.05) is 6.07 Å². The number of pyridine rings is 2. The summed E-state index contributed by atoms with van der Waals surface area (Å²) in [5.74, 6) is -1.07. The van der Waals surface area contributed by atoms with Crippen LogP contribution in [0.5, 0.6) is 5.75 Å². The van der Waals surface area contributed by atoms with Crippen LogP contribution in [0, 0.1) is 11.2 Å². The molecule has 1 spiro atoms. The first-order valence-corrected chi connectivity index (χ1v) is 14.0. The second-order valence-corrected chi connectivity index (χ2v) is 12.4. The van der Waals surface area contributed by atoms with Gasteiger partial charge in [0.2, 0.25) is 16.0 Å². The first kappa shape index (κ1) is 27.5. The molecule has 2 aliphatic heterocycles. The molecule has 0 unspecified atom stereocenters. The zero-order valence-corrected chi connectivity index (χ0v) is 23.1. The van der Waals surface area contributed by atoms with Crippen molar-refractivity contribution in [3.63, 3.8) is 0 Å². The number of anilines is 1. The molecule has 1 amide bonds. The maximum absolute atomic E-state index is 15.6. The largest absolute Gasteiger partial charge is 0.495 e. The summed E-state index contributed by atoms with van der Waals surface area (Å²) in [7, 11) is -1.31. The van der Waals surface area contributed by atoms with Gasteiger partial charge in [0.05, 0.1) is 24.5 Å². The van der Waals surface area contributed by atoms with Crippen LogP contribution in [0.2, 0.25) is 0 Å². The minimum Gasteiger partial charge on any atom is -0.495 e. The van der Waals surface area contributed by atoms with E-state index in [1.807, 2.05) is 17.0 Å². The summed E-state index contributed by atoms with van der Waals surface area (Å²) in [6.45, 7) is 2.53. The molecule has 5 rings (SSSR count). The Morgan fingerprint density at radius 2 is 2.02 bits per heavy atom. The van der Waals surface area contributed by atoms with E-state index < -0.39 is 32.0 Å². The second kappa shape index (κ2) is 10.1. The van der Waals surface area contributed by atoms with Crippen molar-refractivity contribution >= 4 is 27.6 Å². The van der Waals surface area contributed by atoms with Crippen LogP contribution in [-0.4, -0.2) is 71.5 Å². The standard InChI is InChI=1S/C27H30FN7O4S/c1-26(21-14-18(7-9-22(21)28)32-24(36)23-10-8-20(39-3)15-31-23)27(40(37,38)34(2)25(29)33-26)11-13-35(17-27)16-19-6-4-5-12-30-19/h4-10,12,14-15H,11,13,16-17H2,1-3H3,(H2,29,33)(H,32,36)/t26-,27-/m1/s1. The minimum atomic E-state index is -4.13. The number of carbonyl (C=O) groups excluding carboxylic acids is 1. The number of sulfonamides is 1. The van der Waals surface area contributed by atoms with Crippen molar-refractivity contribution in [2.75, 3.05) is 32.6 Å². The molecule has 3 N–H and O–H groups in total. The molecule has 11 nitrogen and oxygen atoms in total. The van der Waals surface area contributed by atoms with Crippen LogP contribution in [0.1, 0.15) is 35.1 Å². The van der Waals surface area contributed by atoms with Gasteiger partial charge in [0.25, 0.3) is 5.91 Å². The Kier molecular flexibility index (Phi) is 6.96. The number of carbonyl (C=O) groups is 1. The van der Waals surface area contributed by atoms with Gasteiger partial charge in [-0.3, -0.25) is 20.1 Å². The molecule has 2 saturated heterocycles. The van der Waals surface area contributed by atoms with Gasteiger partial charge in [0.15, 0.2) is 0 Å². The van der Waals surface area contributed by atoms with Crippen LogP contribution in [0.25, 0.3) is 0 Å². The fourth-order valence-corrected chi connectivity index (χ4v) is 7.71. The molecule has 0 bridgehead atoms. The molecule has 0 aliphatic carbocycles. The third-order valence-electron chi connectivity index (χ3n) is 7.84. The molecule has 1 aromatic carbocycles. The summed E-state index contributed by atoms with van der Waals surface area (Å²) in [6, 6.07) is 12.6. The fourth-order valence-electron chi connectivity index (χ4n) is 5.53. The predicted molar refractivity (Wildman–Crippen MR) is 147 cm³/mol. The summed E-state index contributed by atoms with van der Waals surface area (Å²) < 4.78 is 48.2. The van der Waals surface area contributed by atoms with Crippen LogP contribution >= 0.6 is 0 Å². The topological polar surface area (TPSA) is 141 Å². The molecule has 0 radical (unpaired) electrons. The molecule has 4 heterocycles. The number of nitrogens with zero attached hydrogens (tertiary/aromatic N) is 4. The molecule has 2 aliphatic rings. The first-order valence-electron chi connectivity index (χ1n) is 12.6. The van der Waals surface area contributed by atoms with Gasteiger partial charge in [-0.2, -0.15) is 0 Å². The van der Waals surface area contributed by atoms with E-state index >= 15 is 4.39 Å². The van der Waals surface area contributed by atoms with Crippen LogP contribution in [0.15, 0.2) is 60.9 Å². The Bertz CT molecular complexity index is 1550. The number of rotatable bonds is 6. The zero-order valence-electron chi connectivity index (χ0n) is 22.3. The van der Waals surface area contributed by atoms with E-state index in [0.717, 1.165) is 10.00 Å². The van der Waals surface area contributed by atoms with Gasteiger partial charge < -0.3 is 15.4 Å². The number of ether oxygens (including phenoxy) is 1. The van der Waals surface area contributed by atoms with Crippen molar-refractivity contribution in [2.24, 2.45) is 0 Å². The van der Waals surface area contributed by atoms with Crippen molar-refractivity contribution in [2.45, 2.75) is 30.2 Å². The number of halogens is 1. The number of amides is 1. The Morgan fingerprint density at radius 1 is 1.23 bits per heavy atom. The van der Waals surface area contributed by atoms with E-state index in [9.17, 15) is 13.2 Å². The van der Waals surface area contributed by atoms with E-state index in [1.165, 1.54) is 44.6 Å². The summed E-state index contributed by atoms with van der Waals surface area (Å²) >= 11 is 0. The summed E-state index contributed by atoms with van der Waals surface area (Å²) in [4.78, 5) is 23.3. The maximum Gasteiger partial charge on any atom is 0.274 e. The Labute approximate surface area is 231 Å². The molecule has 0 saturated carbocycles.